The van der Waals surface area contributed by atoms with Gasteiger partial charge < -0.3 is 19.7 Å². The maximum atomic E-state index is 13.0. The molecule has 0 radical (unpaired) electrons. The van der Waals surface area contributed by atoms with Gasteiger partial charge in [0.05, 0.1) is 12.7 Å². The van der Waals surface area contributed by atoms with Crippen molar-refractivity contribution in [2.45, 2.75) is 25.4 Å². The summed E-state index contributed by atoms with van der Waals surface area (Å²) < 4.78 is 5.22. The normalized spacial score (nSPS) is 22.1. The van der Waals surface area contributed by atoms with Crippen LogP contribution in [0.3, 0.4) is 0 Å². The van der Waals surface area contributed by atoms with Crippen LogP contribution in [0, 0.1) is 5.92 Å². The number of methoxy groups -OCH3 is 1. The van der Waals surface area contributed by atoms with Gasteiger partial charge in [-0.1, -0.05) is 12.1 Å². The lowest BCUT2D eigenvalue weighted by Gasteiger charge is -2.36. The molecule has 3 fully saturated rings. The number of hydrogen-bond acceptors (Lipinski definition) is 5. The van der Waals surface area contributed by atoms with E-state index >= 15 is 0 Å². The molecule has 0 spiro atoms. The summed E-state index contributed by atoms with van der Waals surface area (Å²) in [5, 5.41) is 10.0. The number of rotatable bonds is 4. The number of amides is 1. The van der Waals surface area contributed by atoms with Crippen LogP contribution < -0.4 is 10.3 Å². The zero-order chi connectivity index (χ0) is 19.7. The van der Waals surface area contributed by atoms with Gasteiger partial charge in [0.2, 0.25) is 0 Å². The van der Waals surface area contributed by atoms with E-state index in [1.54, 1.807) is 7.11 Å². The molecular formula is C21H25N3O4. The molecule has 2 N–H and O–H groups in total. The Morgan fingerprint density at radius 2 is 2.00 bits per heavy atom. The van der Waals surface area contributed by atoms with Gasteiger partial charge in [0.25, 0.3) is 11.5 Å². The molecule has 3 saturated heterocycles. The average molecular weight is 383 g/mol. The van der Waals surface area contributed by atoms with Gasteiger partial charge in [-0.05, 0) is 36.5 Å². The zero-order valence-corrected chi connectivity index (χ0v) is 15.9. The Morgan fingerprint density at radius 3 is 2.71 bits per heavy atom. The number of aromatic nitrogens is 1. The molecule has 2 atom stereocenters. The largest absolute Gasteiger partial charge is 0.507 e. The lowest BCUT2D eigenvalue weighted by Crippen LogP contribution is -2.47. The van der Waals surface area contributed by atoms with E-state index < -0.39 is 5.56 Å². The average Bonchev–Trinajstić information content (AvgIpc) is 2.99. The summed E-state index contributed by atoms with van der Waals surface area (Å²) >= 11 is 0. The van der Waals surface area contributed by atoms with Crippen molar-refractivity contribution in [1.82, 2.24) is 14.8 Å². The van der Waals surface area contributed by atoms with E-state index in [2.05, 4.69) is 22.0 Å². The van der Waals surface area contributed by atoms with Crippen LogP contribution in [0.25, 0.3) is 0 Å². The topological polar surface area (TPSA) is 85.9 Å². The third kappa shape index (κ3) is 3.75. The summed E-state index contributed by atoms with van der Waals surface area (Å²) in [4.78, 5) is 31.1. The van der Waals surface area contributed by atoms with E-state index in [0.717, 1.165) is 44.3 Å². The van der Waals surface area contributed by atoms with E-state index in [1.165, 1.54) is 11.8 Å². The molecule has 4 heterocycles. The quantitative estimate of drug-likeness (QED) is 0.841. The van der Waals surface area contributed by atoms with Crippen molar-refractivity contribution in [3.8, 4) is 11.5 Å². The smallest absolute Gasteiger partial charge is 0.259 e. The van der Waals surface area contributed by atoms with E-state index in [-0.39, 0.29) is 23.3 Å². The first-order chi connectivity index (χ1) is 13.5. The van der Waals surface area contributed by atoms with Gasteiger partial charge in [-0.3, -0.25) is 14.5 Å². The van der Waals surface area contributed by atoms with Crippen LogP contribution in [0.2, 0.25) is 0 Å². The van der Waals surface area contributed by atoms with Gasteiger partial charge in [0.1, 0.15) is 11.5 Å². The number of H-pyrrole nitrogens is 1. The molecule has 2 aromatic rings. The first-order valence-corrected chi connectivity index (χ1v) is 9.61. The monoisotopic (exact) mass is 383 g/mol. The highest BCUT2D eigenvalue weighted by molar-refractivity contribution is 5.96. The SMILES string of the molecule is COc1ccc(CN2C[C@@H]3CC[C@H](C2)N(C(=O)c2c[nH]c(=O)cc2O)C3)cc1. The molecule has 7 nitrogen and oxygen atoms in total. The minimum absolute atomic E-state index is 0.107. The highest BCUT2D eigenvalue weighted by Crippen LogP contribution is 2.31. The summed E-state index contributed by atoms with van der Waals surface area (Å²) in [6.07, 6.45) is 3.37. The van der Waals surface area contributed by atoms with Crippen LogP contribution in [0.15, 0.2) is 41.3 Å². The molecule has 5 rings (SSSR count). The fourth-order valence-corrected chi connectivity index (χ4v) is 4.33. The van der Waals surface area contributed by atoms with Gasteiger partial charge in [-0.15, -0.1) is 0 Å². The van der Waals surface area contributed by atoms with Gasteiger partial charge in [0, 0.05) is 44.5 Å². The van der Waals surface area contributed by atoms with Crippen molar-refractivity contribution in [3.63, 3.8) is 0 Å². The second-order valence-corrected chi connectivity index (χ2v) is 7.69. The van der Waals surface area contributed by atoms with E-state index in [9.17, 15) is 14.7 Å². The molecule has 2 bridgehead atoms. The van der Waals surface area contributed by atoms with Crippen LogP contribution in [-0.2, 0) is 6.54 Å². The van der Waals surface area contributed by atoms with Gasteiger partial charge in [0.15, 0.2) is 0 Å². The Morgan fingerprint density at radius 1 is 1.21 bits per heavy atom. The van der Waals surface area contributed by atoms with Gasteiger partial charge in [-0.2, -0.15) is 0 Å². The first-order valence-electron chi connectivity index (χ1n) is 9.61. The van der Waals surface area contributed by atoms with Crippen molar-refractivity contribution >= 4 is 5.91 Å². The summed E-state index contributed by atoms with van der Waals surface area (Å²) in [5.74, 6) is 0.779. The summed E-state index contributed by atoms with van der Waals surface area (Å²) in [6, 6.07) is 9.25. The van der Waals surface area contributed by atoms with E-state index in [0.29, 0.717) is 12.5 Å². The molecule has 1 aromatic heterocycles. The molecule has 1 aromatic carbocycles. The van der Waals surface area contributed by atoms with Gasteiger partial charge >= 0.3 is 0 Å². The Kier molecular flexibility index (Phi) is 5.09. The number of benzene rings is 1. The molecule has 28 heavy (non-hydrogen) atoms. The molecule has 0 unspecified atom stereocenters. The molecule has 0 aliphatic carbocycles. The maximum Gasteiger partial charge on any atom is 0.259 e. The van der Waals surface area contributed by atoms with E-state index in [1.807, 2.05) is 17.0 Å². The van der Waals surface area contributed by atoms with Crippen molar-refractivity contribution in [2.24, 2.45) is 5.92 Å². The van der Waals surface area contributed by atoms with Crippen LogP contribution >= 0.6 is 0 Å². The molecule has 7 heteroatoms. The molecule has 3 aliphatic rings. The predicted molar refractivity (Wildman–Crippen MR) is 105 cm³/mol. The number of hydrogen-bond donors (Lipinski definition) is 2. The molecule has 148 valence electrons. The molecular weight excluding hydrogens is 358 g/mol. The van der Waals surface area contributed by atoms with Crippen molar-refractivity contribution in [3.05, 3.63) is 58.0 Å². The standard InChI is InChI=1S/C21H25N3O4/c1-28-17-6-3-14(4-7-17)10-23-11-15-2-5-16(13-23)24(12-15)21(27)18-9-22-20(26)8-19(18)25/h3-4,6-9,15-16H,2,5,10-13H2,1H3,(H2,22,25,26)/t15-,16+/m0/s1. The number of carbonyl (C=O) groups excluding carboxylic acids is 1. The minimum Gasteiger partial charge on any atom is -0.507 e. The Balaban J connectivity index is 1.49. The summed E-state index contributed by atoms with van der Waals surface area (Å²) in [6.45, 7) is 3.27. The first kappa shape index (κ1) is 18.6. The zero-order valence-electron chi connectivity index (χ0n) is 15.9. The van der Waals surface area contributed by atoms with Crippen LogP contribution in [-0.4, -0.2) is 58.6 Å². The number of fused-ring (bicyclic) bond motifs is 4. The number of ether oxygens (including phenoxy) is 1. The minimum atomic E-state index is -0.419. The Bertz CT molecular complexity index is 909. The maximum absolute atomic E-state index is 13.0. The third-order valence-electron chi connectivity index (χ3n) is 5.75. The molecule has 0 saturated carbocycles. The second kappa shape index (κ2) is 7.67. The second-order valence-electron chi connectivity index (χ2n) is 7.69. The van der Waals surface area contributed by atoms with Crippen molar-refractivity contribution in [2.75, 3.05) is 26.7 Å². The predicted octanol–water partition coefficient (Wildman–Crippen LogP) is 1.83. The third-order valence-corrected chi connectivity index (χ3v) is 5.75. The highest BCUT2D eigenvalue weighted by Gasteiger charge is 2.38. The summed E-state index contributed by atoms with van der Waals surface area (Å²) in [7, 11) is 1.66. The van der Waals surface area contributed by atoms with Crippen LogP contribution in [0.5, 0.6) is 11.5 Å². The van der Waals surface area contributed by atoms with Crippen molar-refractivity contribution in [1.29, 1.82) is 0 Å². The number of pyridine rings is 1. The van der Waals surface area contributed by atoms with Crippen LogP contribution in [0.1, 0.15) is 28.8 Å². The lowest BCUT2D eigenvalue weighted by molar-refractivity contribution is 0.0581. The fraction of sp³-hybridized carbons (Fsp3) is 0.429. The lowest BCUT2D eigenvalue weighted by atomic mass is 9.94. The summed E-state index contributed by atoms with van der Waals surface area (Å²) in [5.41, 5.74) is 0.962. The van der Waals surface area contributed by atoms with Crippen LogP contribution in [0.4, 0.5) is 0 Å². The number of piperidine rings is 1. The number of nitrogens with one attached hydrogen (secondary N) is 1. The molecule has 1 amide bonds. The Hall–Kier alpha value is -2.80. The van der Waals surface area contributed by atoms with Gasteiger partial charge in [-0.25, -0.2) is 0 Å². The van der Waals surface area contributed by atoms with Crippen molar-refractivity contribution < 1.29 is 14.6 Å². The fourth-order valence-electron chi connectivity index (χ4n) is 4.33. The molecule has 3 aliphatic heterocycles. The number of carbonyl (C=O) groups is 1. The number of aromatic hydroxyl groups is 1. The highest BCUT2D eigenvalue weighted by atomic mass is 16.5. The number of nitrogens with zero attached hydrogens (tertiary/aromatic N) is 2. The Labute approximate surface area is 163 Å². The van der Waals surface area contributed by atoms with E-state index in [4.69, 9.17) is 4.74 Å². The number of aromatic amines is 1.